The summed E-state index contributed by atoms with van der Waals surface area (Å²) in [5, 5.41) is 3.27. The van der Waals surface area contributed by atoms with Crippen molar-refractivity contribution in [2.75, 3.05) is 25.9 Å². The van der Waals surface area contributed by atoms with Crippen molar-refractivity contribution in [3.05, 3.63) is 64.3 Å². The molecule has 1 aromatic carbocycles. The molecule has 0 radical (unpaired) electrons. The second-order valence-electron chi connectivity index (χ2n) is 8.41. The largest absolute Gasteiger partial charge is 0.482 e. The highest BCUT2D eigenvalue weighted by Crippen LogP contribution is 2.38. The number of halogens is 5. The number of benzene rings is 1. The fourth-order valence-electron chi connectivity index (χ4n) is 3.56. The number of carbonyl (C=O) groups is 1. The SMILES string of the molecule is C[C@H](/C=C/S(C)(=O)=O)NC(=O)c1ncc(OC(c2cccc(F)c2Cl)C2CN(CC(F)(F)F)C2)cn1. The van der Waals surface area contributed by atoms with Gasteiger partial charge in [-0.05, 0) is 13.0 Å². The molecule has 2 heterocycles. The first kappa shape index (κ1) is 27.8. The van der Waals surface area contributed by atoms with Gasteiger partial charge in [-0.2, -0.15) is 13.2 Å². The van der Waals surface area contributed by atoms with Crippen LogP contribution in [0.3, 0.4) is 0 Å². The number of carbonyl (C=O) groups excluding carboxylic acids is 1. The zero-order chi connectivity index (χ0) is 26.7. The van der Waals surface area contributed by atoms with Crippen LogP contribution in [0.5, 0.6) is 5.75 Å². The van der Waals surface area contributed by atoms with Gasteiger partial charge in [0.15, 0.2) is 15.6 Å². The van der Waals surface area contributed by atoms with E-state index in [9.17, 15) is 30.8 Å². The molecule has 1 N–H and O–H groups in total. The van der Waals surface area contributed by atoms with E-state index < -0.39 is 52.3 Å². The number of aromatic nitrogens is 2. The van der Waals surface area contributed by atoms with E-state index in [4.69, 9.17) is 16.3 Å². The molecule has 1 aliphatic heterocycles. The number of nitrogens with zero attached hydrogens (tertiary/aromatic N) is 3. The molecule has 3 rings (SSSR count). The Balaban J connectivity index is 1.72. The van der Waals surface area contributed by atoms with Crippen LogP contribution >= 0.6 is 11.6 Å². The summed E-state index contributed by atoms with van der Waals surface area (Å²) in [5.41, 5.74) is 0.265. The molecule has 36 heavy (non-hydrogen) atoms. The average Bonchev–Trinajstić information content (AvgIpc) is 2.74. The van der Waals surface area contributed by atoms with Crippen LogP contribution in [0.4, 0.5) is 17.6 Å². The first-order valence-electron chi connectivity index (χ1n) is 10.6. The molecule has 1 saturated heterocycles. The number of likely N-dealkylation sites (tertiary alicyclic amines) is 1. The third-order valence-electron chi connectivity index (χ3n) is 5.17. The molecule has 0 aliphatic carbocycles. The van der Waals surface area contributed by atoms with Crippen LogP contribution in [0.15, 0.2) is 42.1 Å². The lowest BCUT2D eigenvalue weighted by Crippen LogP contribution is -2.53. The van der Waals surface area contributed by atoms with Crippen LogP contribution in [0.25, 0.3) is 0 Å². The molecule has 0 saturated carbocycles. The third kappa shape index (κ3) is 7.87. The van der Waals surface area contributed by atoms with Crippen LogP contribution in [-0.4, -0.2) is 67.3 Å². The highest BCUT2D eigenvalue weighted by atomic mass is 35.5. The number of sulfone groups is 1. The van der Waals surface area contributed by atoms with E-state index in [1.54, 1.807) is 6.92 Å². The summed E-state index contributed by atoms with van der Waals surface area (Å²) in [6.45, 7) is 0.595. The Morgan fingerprint density at radius 2 is 1.94 bits per heavy atom. The van der Waals surface area contributed by atoms with Crippen molar-refractivity contribution >= 4 is 27.3 Å². The molecule has 14 heteroatoms. The molecule has 1 aliphatic rings. The number of ether oxygens (including phenoxy) is 1. The molecule has 1 fully saturated rings. The van der Waals surface area contributed by atoms with Gasteiger partial charge in [0, 0.05) is 42.3 Å². The van der Waals surface area contributed by atoms with E-state index in [2.05, 4.69) is 15.3 Å². The van der Waals surface area contributed by atoms with Crippen molar-refractivity contribution in [3.63, 3.8) is 0 Å². The highest BCUT2D eigenvalue weighted by Gasteiger charge is 2.42. The molecule has 2 atom stereocenters. The Morgan fingerprint density at radius 1 is 1.31 bits per heavy atom. The number of hydrogen-bond donors (Lipinski definition) is 1. The van der Waals surface area contributed by atoms with Gasteiger partial charge in [-0.3, -0.25) is 9.69 Å². The molecule has 196 valence electrons. The van der Waals surface area contributed by atoms with Gasteiger partial charge in [0.25, 0.3) is 5.91 Å². The maximum Gasteiger partial charge on any atom is 0.401 e. The van der Waals surface area contributed by atoms with Gasteiger partial charge in [0.2, 0.25) is 5.82 Å². The van der Waals surface area contributed by atoms with Crippen LogP contribution < -0.4 is 10.1 Å². The zero-order valence-corrected chi connectivity index (χ0v) is 20.7. The number of amides is 1. The summed E-state index contributed by atoms with van der Waals surface area (Å²) in [5.74, 6) is -1.91. The maximum absolute atomic E-state index is 14.1. The summed E-state index contributed by atoms with van der Waals surface area (Å²) in [6, 6.07) is 3.48. The summed E-state index contributed by atoms with van der Waals surface area (Å²) in [6.07, 6.45) is -0.529. The van der Waals surface area contributed by atoms with E-state index in [1.807, 2.05) is 0 Å². The van der Waals surface area contributed by atoms with E-state index in [0.717, 1.165) is 17.7 Å². The highest BCUT2D eigenvalue weighted by molar-refractivity contribution is 7.93. The minimum Gasteiger partial charge on any atom is -0.482 e. The van der Waals surface area contributed by atoms with Gasteiger partial charge in [-0.25, -0.2) is 22.8 Å². The summed E-state index contributed by atoms with van der Waals surface area (Å²) < 4.78 is 80.5. The topological polar surface area (TPSA) is 101 Å². The Morgan fingerprint density at radius 3 is 2.53 bits per heavy atom. The molecule has 0 bridgehead atoms. The van der Waals surface area contributed by atoms with Crippen molar-refractivity contribution in [3.8, 4) is 5.75 Å². The van der Waals surface area contributed by atoms with Crippen LogP contribution in [-0.2, 0) is 9.84 Å². The van der Waals surface area contributed by atoms with Gasteiger partial charge in [0.05, 0.1) is 24.0 Å². The van der Waals surface area contributed by atoms with E-state index >= 15 is 0 Å². The lowest BCUT2D eigenvalue weighted by Gasteiger charge is -2.43. The normalized spacial score (nSPS) is 17.0. The summed E-state index contributed by atoms with van der Waals surface area (Å²) >= 11 is 6.12. The fourth-order valence-corrected chi connectivity index (χ4v) is 4.31. The smallest absolute Gasteiger partial charge is 0.401 e. The van der Waals surface area contributed by atoms with Crippen LogP contribution in [0.1, 0.15) is 29.2 Å². The molecule has 2 aromatic rings. The standard InChI is InChI=1S/C22H23ClF4N4O4S/c1-13(6-7-36(2,33)34)30-21(32)20-28-8-15(9-29-20)35-19(16-4-3-5-17(24)18(16)23)14-10-31(11-14)12-22(25,26)27/h3-9,13-14,19H,10-12H2,1-2H3,(H,30,32)/b7-6+/t13-,19?/m1/s1. The molecule has 1 aromatic heterocycles. The minimum absolute atomic E-state index is 0.0528. The van der Waals surface area contributed by atoms with E-state index in [0.29, 0.717) is 0 Å². The lowest BCUT2D eigenvalue weighted by atomic mass is 9.88. The van der Waals surface area contributed by atoms with Gasteiger partial charge in [-0.1, -0.05) is 29.8 Å². The fraction of sp³-hybridized carbons (Fsp3) is 0.409. The van der Waals surface area contributed by atoms with Gasteiger partial charge >= 0.3 is 6.18 Å². The Hall–Kier alpha value is -2.77. The van der Waals surface area contributed by atoms with Crippen LogP contribution in [0, 0.1) is 11.7 Å². The quantitative estimate of drug-likeness (QED) is 0.476. The van der Waals surface area contributed by atoms with E-state index in [1.165, 1.54) is 35.5 Å². The molecule has 8 nitrogen and oxygen atoms in total. The summed E-state index contributed by atoms with van der Waals surface area (Å²) in [4.78, 5) is 21.4. The maximum atomic E-state index is 14.1. The van der Waals surface area contributed by atoms with Crippen molar-refractivity contribution in [1.29, 1.82) is 0 Å². The minimum atomic E-state index is -4.35. The number of hydrogen-bond acceptors (Lipinski definition) is 7. The lowest BCUT2D eigenvalue weighted by molar-refractivity contribution is -0.163. The first-order chi connectivity index (χ1) is 16.7. The third-order valence-corrected chi connectivity index (χ3v) is 6.22. The van der Waals surface area contributed by atoms with Gasteiger partial charge < -0.3 is 10.1 Å². The number of alkyl halides is 3. The Kier molecular flexibility index (Phi) is 8.57. The number of rotatable bonds is 9. The zero-order valence-electron chi connectivity index (χ0n) is 19.2. The second kappa shape index (κ2) is 11.1. The average molecular weight is 551 g/mol. The molecule has 0 spiro atoms. The van der Waals surface area contributed by atoms with Crippen molar-refractivity contribution in [2.45, 2.75) is 25.2 Å². The monoisotopic (exact) mass is 550 g/mol. The Labute approximate surface area is 210 Å². The van der Waals surface area contributed by atoms with Crippen molar-refractivity contribution in [2.24, 2.45) is 5.92 Å². The molecule has 1 amide bonds. The van der Waals surface area contributed by atoms with Gasteiger partial charge in [-0.15, -0.1) is 0 Å². The summed E-state index contributed by atoms with van der Waals surface area (Å²) in [7, 11) is -3.35. The second-order valence-corrected chi connectivity index (χ2v) is 10.7. The Bertz CT molecular complexity index is 1220. The number of nitrogens with one attached hydrogen (secondary N) is 1. The predicted molar refractivity (Wildman–Crippen MR) is 124 cm³/mol. The van der Waals surface area contributed by atoms with Crippen molar-refractivity contribution in [1.82, 2.24) is 20.2 Å². The molecule has 1 unspecified atom stereocenters. The first-order valence-corrected chi connectivity index (χ1v) is 13.0. The van der Waals surface area contributed by atoms with Crippen molar-refractivity contribution < 1.29 is 35.5 Å². The predicted octanol–water partition coefficient (Wildman–Crippen LogP) is 3.56. The molecular weight excluding hydrogens is 528 g/mol. The molecular formula is C22H23ClF4N4O4S. The van der Waals surface area contributed by atoms with Crippen LogP contribution in [0.2, 0.25) is 5.02 Å². The van der Waals surface area contributed by atoms with E-state index in [-0.39, 0.29) is 35.2 Å². The van der Waals surface area contributed by atoms with Gasteiger partial charge in [0.1, 0.15) is 11.9 Å².